The third-order valence-electron chi connectivity index (χ3n) is 3.27. The molecule has 0 atom stereocenters. The van der Waals surface area contributed by atoms with Crippen molar-refractivity contribution in [3.8, 4) is 0 Å². The Kier molecular flexibility index (Phi) is 4.59. The van der Waals surface area contributed by atoms with Crippen LogP contribution in [-0.2, 0) is 16.8 Å². The van der Waals surface area contributed by atoms with E-state index in [2.05, 4.69) is 16.2 Å². The number of carbonyl (C=O) groups is 1. The van der Waals surface area contributed by atoms with Gasteiger partial charge >= 0.3 is 12.3 Å². The fourth-order valence-electron chi connectivity index (χ4n) is 2.06. The first kappa shape index (κ1) is 17.6. The third kappa shape index (κ3) is 4.35. The predicted octanol–water partition coefficient (Wildman–Crippen LogP) is 2.58. The van der Waals surface area contributed by atoms with Crippen molar-refractivity contribution >= 4 is 6.09 Å². The molecule has 0 bridgehead atoms. The molecule has 128 valence electrons. The Hall–Kier alpha value is -1.80. The number of halogens is 3. The van der Waals surface area contributed by atoms with E-state index in [1.807, 2.05) is 0 Å². The van der Waals surface area contributed by atoms with E-state index < -0.39 is 23.5 Å². The minimum Gasteiger partial charge on any atom is -0.444 e. The maximum atomic E-state index is 12.9. The van der Waals surface area contributed by atoms with Crippen molar-refractivity contribution in [3.05, 3.63) is 35.4 Å². The van der Waals surface area contributed by atoms with Crippen molar-refractivity contribution in [2.45, 2.75) is 44.6 Å². The van der Waals surface area contributed by atoms with E-state index in [4.69, 9.17) is 4.74 Å². The van der Waals surface area contributed by atoms with E-state index in [0.717, 1.165) is 5.56 Å². The maximum absolute atomic E-state index is 12.9. The van der Waals surface area contributed by atoms with Crippen molar-refractivity contribution in [3.63, 3.8) is 0 Å². The first-order chi connectivity index (χ1) is 10.5. The van der Waals surface area contributed by atoms with Crippen LogP contribution in [-0.4, -0.2) is 24.4 Å². The first-order valence-electron chi connectivity index (χ1n) is 7.21. The second-order valence-corrected chi connectivity index (χ2v) is 6.37. The molecule has 1 aliphatic heterocycles. The summed E-state index contributed by atoms with van der Waals surface area (Å²) in [5.41, 5.74) is 2.53. The smallest absolute Gasteiger partial charge is 0.426 e. The summed E-state index contributed by atoms with van der Waals surface area (Å²) in [6.07, 6.45) is -4.43. The van der Waals surface area contributed by atoms with Gasteiger partial charge in [0.1, 0.15) is 5.60 Å². The number of hydrogen-bond donors (Lipinski definition) is 3. The standard InChI is InChI=1S/C15H20F3N3O2/c1-13(2,3)23-12(22)19-9-8-10-4-6-11(7-5-10)14(20-21-14)15(16,17)18/h4-7,20-21H,8-9H2,1-3H3,(H,19,22). The lowest BCUT2D eigenvalue weighted by Gasteiger charge is -2.19. The molecule has 1 amide bonds. The summed E-state index contributed by atoms with van der Waals surface area (Å²) < 4.78 is 43.9. The lowest BCUT2D eigenvalue weighted by Crippen LogP contribution is -2.34. The predicted molar refractivity (Wildman–Crippen MR) is 78.4 cm³/mol. The summed E-state index contributed by atoms with van der Waals surface area (Å²) >= 11 is 0. The highest BCUT2D eigenvalue weighted by Crippen LogP contribution is 2.41. The van der Waals surface area contributed by atoms with Crippen molar-refractivity contribution in [1.82, 2.24) is 16.2 Å². The van der Waals surface area contributed by atoms with Crippen molar-refractivity contribution in [2.75, 3.05) is 6.54 Å². The number of amides is 1. The first-order valence-corrected chi connectivity index (χ1v) is 7.21. The second kappa shape index (κ2) is 6.01. The highest BCUT2D eigenvalue weighted by Gasteiger charge is 2.65. The average molecular weight is 331 g/mol. The fraction of sp³-hybridized carbons (Fsp3) is 0.533. The second-order valence-electron chi connectivity index (χ2n) is 6.37. The molecule has 8 heteroatoms. The summed E-state index contributed by atoms with van der Waals surface area (Å²) in [6, 6.07) is 6.06. The van der Waals surface area contributed by atoms with Gasteiger partial charge in [0, 0.05) is 6.54 Å². The summed E-state index contributed by atoms with van der Waals surface area (Å²) in [7, 11) is 0. The fourth-order valence-corrected chi connectivity index (χ4v) is 2.06. The van der Waals surface area contributed by atoms with Crippen LogP contribution in [0.15, 0.2) is 24.3 Å². The van der Waals surface area contributed by atoms with Crippen LogP contribution in [0.1, 0.15) is 31.9 Å². The molecule has 1 fully saturated rings. The van der Waals surface area contributed by atoms with Gasteiger partial charge in [-0.2, -0.15) is 13.2 Å². The van der Waals surface area contributed by atoms with Crippen molar-refractivity contribution in [2.24, 2.45) is 0 Å². The molecule has 0 spiro atoms. The Balaban J connectivity index is 1.86. The minimum atomic E-state index is -4.41. The van der Waals surface area contributed by atoms with Gasteiger partial charge in [-0.3, -0.25) is 0 Å². The molecule has 5 nitrogen and oxygen atoms in total. The summed E-state index contributed by atoms with van der Waals surface area (Å²) in [6.45, 7) is 5.64. The van der Waals surface area contributed by atoms with Gasteiger partial charge in [0.15, 0.2) is 0 Å². The van der Waals surface area contributed by atoms with Crippen molar-refractivity contribution < 1.29 is 22.7 Å². The number of nitrogens with one attached hydrogen (secondary N) is 3. The zero-order valence-corrected chi connectivity index (χ0v) is 13.2. The number of hydrogen-bond acceptors (Lipinski definition) is 4. The van der Waals surface area contributed by atoms with Crippen LogP contribution in [0.4, 0.5) is 18.0 Å². The minimum absolute atomic E-state index is 0.105. The highest BCUT2D eigenvalue weighted by molar-refractivity contribution is 5.67. The van der Waals surface area contributed by atoms with Gasteiger partial charge in [-0.15, -0.1) is 0 Å². The van der Waals surface area contributed by atoms with Gasteiger partial charge < -0.3 is 10.1 Å². The zero-order chi connectivity index (χ0) is 17.3. The van der Waals surface area contributed by atoms with Crippen LogP contribution in [0, 0.1) is 0 Å². The van der Waals surface area contributed by atoms with E-state index in [0.29, 0.717) is 13.0 Å². The van der Waals surface area contributed by atoms with Gasteiger partial charge in [-0.1, -0.05) is 24.3 Å². The molecule has 0 radical (unpaired) electrons. The van der Waals surface area contributed by atoms with E-state index >= 15 is 0 Å². The topological polar surface area (TPSA) is 82.2 Å². The van der Waals surface area contributed by atoms with E-state index in [1.54, 1.807) is 32.9 Å². The number of alkyl halides is 3. The molecule has 1 aromatic carbocycles. The Morgan fingerprint density at radius 1 is 1.17 bits per heavy atom. The SMILES string of the molecule is CC(C)(C)OC(=O)NCCc1ccc(C2(C(F)(F)F)NN2)cc1. The quantitative estimate of drug-likeness (QED) is 0.741. The molecule has 0 unspecified atom stereocenters. The highest BCUT2D eigenvalue weighted by atomic mass is 19.4. The number of benzene rings is 1. The average Bonchev–Trinajstić information content (AvgIpc) is 3.18. The summed E-state index contributed by atoms with van der Waals surface area (Å²) in [5.74, 6) is 0. The van der Waals surface area contributed by atoms with Gasteiger partial charge in [0.05, 0.1) is 0 Å². The molecule has 23 heavy (non-hydrogen) atoms. The monoisotopic (exact) mass is 331 g/mol. The van der Waals surface area contributed by atoms with Gasteiger partial charge in [0.2, 0.25) is 5.66 Å². The molecule has 0 aromatic heterocycles. The van der Waals surface area contributed by atoms with E-state index in [-0.39, 0.29) is 5.56 Å². The van der Waals surface area contributed by atoms with Crippen LogP contribution in [0.5, 0.6) is 0 Å². The molecule has 3 N–H and O–H groups in total. The lowest BCUT2D eigenvalue weighted by atomic mass is 10.0. The molecule has 0 aliphatic carbocycles. The lowest BCUT2D eigenvalue weighted by molar-refractivity contribution is -0.165. The molecule has 0 saturated carbocycles. The van der Waals surface area contributed by atoms with Crippen LogP contribution in [0.2, 0.25) is 0 Å². The molecular weight excluding hydrogens is 311 g/mol. The summed E-state index contributed by atoms with van der Waals surface area (Å²) in [5, 5.41) is 2.60. The Labute approximate surface area is 132 Å². The third-order valence-corrected chi connectivity index (χ3v) is 3.27. The number of carbonyl (C=O) groups excluding carboxylic acids is 1. The Morgan fingerprint density at radius 2 is 1.74 bits per heavy atom. The normalized spacial score (nSPS) is 16.8. The Bertz CT molecular complexity index is 561. The number of ether oxygens (including phenoxy) is 1. The molecule has 1 aliphatic rings. The number of alkyl carbamates (subject to hydrolysis) is 1. The molecule has 1 heterocycles. The van der Waals surface area contributed by atoms with Gasteiger partial charge in [-0.05, 0) is 38.3 Å². The van der Waals surface area contributed by atoms with Crippen molar-refractivity contribution in [1.29, 1.82) is 0 Å². The van der Waals surface area contributed by atoms with Gasteiger partial charge in [-0.25, -0.2) is 15.6 Å². The number of hydrazine groups is 1. The van der Waals surface area contributed by atoms with Crippen LogP contribution >= 0.6 is 0 Å². The van der Waals surface area contributed by atoms with E-state index in [9.17, 15) is 18.0 Å². The number of rotatable bonds is 4. The maximum Gasteiger partial charge on any atom is 0.426 e. The van der Waals surface area contributed by atoms with E-state index in [1.165, 1.54) is 12.1 Å². The molecule has 1 aromatic rings. The van der Waals surface area contributed by atoms with Crippen LogP contribution in [0.3, 0.4) is 0 Å². The largest absolute Gasteiger partial charge is 0.444 e. The van der Waals surface area contributed by atoms with Crippen LogP contribution in [0.25, 0.3) is 0 Å². The van der Waals surface area contributed by atoms with Crippen LogP contribution < -0.4 is 16.2 Å². The molecule has 1 saturated heterocycles. The Morgan fingerprint density at radius 3 is 2.17 bits per heavy atom. The van der Waals surface area contributed by atoms with Gasteiger partial charge in [0.25, 0.3) is 0 Å². The molecule has 2 rings (SSSR count). The summed E-state index contributed by atoms with van der Waals surface area (Å²) in [4.78, 5) is 11.5. The molecular formula is C15H20F3N3O2. The zero-order valence-electron chi connectivity index (χ0n) is 13.2.